The Bertz CT molecular complexity index is 646. The van der Waals surface area contributed by atoms with E-state index in [-0.39, 0.29) is 17.8 Å². The van der Waals surface area contributed by atoms with Gasteiger partial charge in [-0.05, 0) is 42.8 Å². The summed E-state index contributed by atoms with van der Waals surface area (Å²) >= 11 is 5.81. The summed E-state index contributed by atoms with van der Waals surface area (Å²) in [6.45, 7) is 1.78. The summed E-state index contributed by atoms with van der Waals surface area (Å²) in [7, 11) is 0. The Morgan fingerprint density at radius 2 is 2.05 bits per heavy atom. The highest BCUT2D eigenvalue weighted by atomic mass is 35.5. The van der Waals surface area contributed by atoms with Crippen molar-refractivity contribution in [1.82, 2.24) is 5.32 Å². The first-order valence-corrected chi connectivity index (χ1v) is 6.46. The fourth-order valence-electron chi connectivity index (χ4n) is 1.82. The molecule has 0 saturated heterocycles. The maximum Gasteiger partial charge on any atom is 0.251 e. The number of carbonyl (C=O) groups excluding carboxylic acids is 1. The molecule has 104 valence electrons. The SMILES string of the molecule is C[C@@H](NC(=O)c1ccc(Cl)c(N)c1)c1cccc(F)c1. The highest BCUT2D eigenvalue weighted by Crippen LogP contribution is 2.20. The molecular weight excluding hydrogens is 279 g/mol. The minimum Gasteiger partial charge on any atom is -0.398 e. The number of amides is 1. The molecule has 3 nitrogen and oxygen atoms in total. The average Bonchev–Trinajstić information content (AvgIpc) is 2.41. The van der Waals surface area contributed by atoms with Crippen LogP contribution in [-0.2, 0) is 0 Å². The first kappa shape index (κ1) is 14.3. The van der Waals surface area contributed by atoms with Crippen LogP contribution in [0.2, 0.25) is 5.02 Å². The highest BCUT2D eigenvalue weighted by Gasteiger charge is 2.12. The topological polar surface area (TPSA) is 55.1 Å². The number of hydrogen-bond donors (Lipinski definition) is 2. The number of nitrogens with two attached hydrogens (primary N) is 1. The molecule has 2 rings (SSSR count). The van der Waals surface area contributed by atoms with E-state index in [1.807, 2.05) is 0 Å². The van der Waals surface area contributed by atoms with Crippen molar-refractivity contribution >= 4 is 23.2 Å². The van der Waals surface area contributed by atoms with E-state index in [9.17, 15) is 9.18 Å². The average molecular weight is 293 g/mol. The molecule has 0 radical (unpaired) electrons. The fourth-order valence-corrected chi connectivity index (χ4v) is 1.94. The molecule has 0 fully saturated rings. The van der Waals surface area contributed by atoms with Gasteiger partial charge < -0.3 is 11.1 Å². The molecule has 0 aliphatic heterocycles. The lowest BCUT2D eigenvalue weighted by molar-refractivity contribution is 0.0940. The lowest BCUT2D eigenvalue weighted by atomic mass is 10.1. The number of hydrogen-bond acceptors (Lipinski definition) is 2. The predicted octanol–water partition coefficient (Wildman–Crippen LogP) is 3.55. The molecular formula is C15H14ClFN2O. The number of halogens is 2. The fraction of sp³-hybridized carbons (Fsp3) is 0.133. The zero-order chi connectivity index (χ0) is 14.7. The lowest BCUT2D eigenvalue weighted by Crippen LogP contribution is -2.26. The monoisotopic (exact) mass is 292 g/mol. The molecule has 0 unspecified atom stereocenters. The van der Waals surface area contributed by atoms with Crippen molar-refractivity contribution in [3.63, 3.8) is 0 Å². The lowest BCUT2D eigenvalue weighted by Gasteiger charge is -2.14. The van der Waals surface area contributed by atoms with Crippen LogP contribution in [0.25, 0.3) is 0 Å². The van der Waals surface area contributed by atoms with Gasteiger partial charge in [0.2, 0.25) is 0 Å². The van der Waals surface area contributed by atoms with E-state index in [0.717, 1.165) is 0 Å². The third kappa shape index (κ3) is 3.27. The van der Waals surface area contributed by atoms with Gasteiger partial charge in [-0.3, -0.25) is 4.79 Å². The third-order valence-electron chi connectivity index (χ3n) is 2.95. The van der Waals surface area contributed by atoms with Crippen LogP contribution in [0.4, 0.5) is 10.1 Å². The van der Waals surface area contributed by atoms with Crippen molar-refractivity contribution in [2.75, 3.05) is 5.73 Å². The van der Waals surface area contributed by atoms with Crippen LogP contribution in [0.15, 0.2) is 42.5 Å². The molecule has 1 amide bonds. The zero-order valence-corrected chi connectivity index (χ0v) is 11.6. The van der Waals surface area contributed by atoms with E-state index in [1.165, 1.54) is 18.2 Å². The molecule has 2 aromatic carbocycles. The quantitative estimate of drug-likeness (QED) is 0.850. The second-order valence-electron chi connectivity index (χ2n) is 4.49. The molecule has 0 aromatic heterocycles. The van der Waals surface area contributed by atoms with Crippen molar-refractivity contribution in [3.8, 4) is 0 Å². The zero-order valence-electron chi connectivity index (χ0n) is 10.9. The van der Waals surface area contributed by atoms with Crippen molar-refractivity contribution in [3.05, 3.63) is 64.4 Å². The number of nitrogens with one attached hydrogen (secondary N) is 1. The summed E-state index contributed by atoms with van der Waals surface area (Å²) in [5.74, 6) is -0.621. The van der Waals surface area contributed by atoms with Crippen LogP contribution in [0.3, 0.4) is 0 Å². The molecule has 3 N–H and O–H groups in total. The van der Waals surface area contributed by atoms with E-state index in [0.29, 0.717) is 21.8 Å². The Labute approximate surface area is 121 Å². The minimum atomic E-state index is -0.334. The van der Waals surface area contributed by atoms with Crippen LogP contribution in [0, 0.1) is 5.82 Å². The number of rotatable bonds is 3. The molecule has 0 aliphatic carbocycles. The van der Waals surface area contributed by atoms with Gasteiger partial charge in [-0.2, -0.15) is 0 Å². The molecule has 0 aliphatic rings. The Morgan fingerprint density at radius 3 is 2.70 bits per heavy atom. The number of anilines is 1. The van der Waals surface area contributed by atoms with Crippen LogP contribution in [0.1, 0.15) is 28.9 Å². The third-order valence-corrected chi connectivity index (χ3v) is 3.30. The van der Waals surface area contributed by atoms with Crippen LogP contribution >= 0.6 is 11.6 Å². The van der Waals surface area contributed by atoms with E-state index in [1.54, 1.807) is 31.2 Å². The van der Waals surface area contributed by atoms with E-state index in [4.69, 9.17) is 17.3 Å². The Balaban J connectivity index is 2.13. The van der Waals surface area contributed by atoms with Gasteiger partial charge in [0.05, 0.1) is 16.8 Å². The molecule has 5 heteroatoms. The van der Waals surface area contributed by atoms with Gasteiger partial charge in [-0.25, -0.2) is 4.39 Å². The summed E-state index contributed by atoms with van der Waals surface area (Å²) in [5, 5.41) is 3.18. The summed E-state index contributed by atoms with van der Waals surface area (Å²) in [6.07, 6.45) is 0. The molecule has 0 spiro atoms. The van der Waals surface area contributed by atoms with E-state index in [2.05, 4.69) is 5.32 Å². The Kier molecular flexibility index (Phi) is 4.25. The van der Waals surface area contributed by atoms with Crippen LogP contribution < -0.4 is 11.1 Å². The summed E-state index contributed by atoms with van der Waals surface area (Å²) in [5.41, 5.74) is 7.11. The van der Waals surface area contributed by atoms with Gasteiger partial charge in [-0.1, -0.05) is 23.7 Å². The summed E-state index contributed by atoms with van der Waals surface area (Å²) in [4.78, 5) is 12.1. The first-order valence-electron chi connectivity index (χ1n) is 6.08. The maximum absolute atomic E-state index is 13.1. The van der Waals surface area contributed by atoms with Crippen molar-refractivity contribution in [2.45, 2.75) is 13.0 Å². The van der Waals surface area contributed by atoms with Gasteiger partial charge in [0, 0.05) is 5.56 Å². The van der Waals surface area contributed by atoms with Crippen molar-refractivity contribution in [2.24, 2.45) is 0 Å². The van der Waals surface area contributed by atoms with E-state index < -0.39 is 0 Å². The summed E-state index contributed by atoms with van der Waals surface area (Å²) in [6, 6.07) is 10.5. The standard InChI is InChI=1S/C15H14ClFN2O/c1-9(10-3-2-4-12(17)7-10)19-15(20)11-5-6-13(16)14(18)8-11/h2-9H,18H2,1H3,(H,19,20)/t9-/m1/s1. The number of carbonyl (C=O) groups is 1. The molecule has 1 atom stereocenters. The van der Waals surface area contributed by atoms with Gasteiger partial charge in [0.25, 0.3) is 5.91 Å². The molecule has 0 heterocycles. The molecule has 20 heavy (non-hydrogen) atoms. The van der Waals surface area contributed by atoms with Gasteiger partial charge in [0.1, 0.15) is 5.82 Å². The van der Waals surface area contributed by atoms with Crippen LogP contribution in [-0.4, -0.2) is 5.91 Å². The number of nitrogen functional groups attached to an aromatic ring is 1. The van der Waals surface area contributed by atoms with Gasteiger partial charge in [-0.15, -0.1) is 0 Å². The normalized spacial score (nSPS) is 11.9. The second kappa shape index (κ2) is 5.92. The summed E-state index contributed by atoms with van der Waals surface area (Å²) < 4.78 is 13.1. The predicted molar refractivity (Wildman–Crippen MR) is 78.1 cm³/mol. The second-order valence-corrected chi connectivity index (χ2v) is 4.89. The molecule has 2 aromatic rings. The highest BCUT2D eigenvalue weighted by molar-refractivity contribution is 6.33. The van der Waals surface area contributed by atoms with Crippen LogP contribution in [0.5, 0.6) is 0 Å². The van der Waals surface area contributed by atoms with E-state index >= 15 is 0 Å². The van der Waals surface area contributed by atoms with Crippen molar-refractivity contribution in [1.29, 1.82) is 0 Å². The molecule has 0 bridgehead atoms. The van der Waals surface area contributed by atoms with Gasteiger partial charge in [0.15, 0.2) is 0 Å². The maximum atomic E-state index is 13.1. The van der Waals surface area contributed by atoms with Gasteiger partial charge >= 0.3 is 0 Å². The molecule has 0 saturated carbocycles. The smallest absolute Gasteiger partial charge is 0.251 e. The van der Waals surface area contributed by atoms with Crippen molar-refractivity contribution < 1.29 is 9.18 Å². The largest absolute Gasteiger partial charge is 0.398 e. The first-order chi connectivity index (χ1) is 9.47. The number of benzene rings is 2. The Hall–Kier alpha value is -2.07. The Morgan fingerprint density at radius 1 is 1.30 bits per heavy atom. The minimum absolute atomic E-state index is 0.287.